The Bertz CT molecular complexity index is 807. The zero-order valence-corrected chi connectivity index (χ0v) is 13.5. The molecule has 0 radical (unpaired) electrons. The van der Waals surface area contributed by atoms with Crippen molar-refractivity contribution >= 4 is 17.6 Å². The van der Waals surface area contributed by atoms with Gasteiger partial charge in [-0.2, -0.15) is 10.2 Å². The minimum atomic E-state index is -0.973. The maximum Gasteiger partial charge on any atom is 0.335 e. The Morgan fingerprint density at radius 1 is 1.33 bits per heavy atom. The number of benzene rings is 1. The number of hydrazone groups is 1. The van der Waals surface area contributed by atoms with Crippen molar-refractivity contribution in [2.75, 3.05) is 0 Å². The molecular weight excluding hydrogens is 308 g/mol. The Morgan fingerprint density at radius 3 is 2.62 bits per heavy atom. The van der Waals surface area contributed by atoms with E-state index in [2.05, 4.69) is 10.2 Å². The molecule has 1 unspecified atom stereocenters. The number of hydrogen-bond acceptors (Lipinski definition) is 4. The Kier molecular flexibility index (Phi) is 4.16. The summed E-state index contributed by atoms with van der Waals surface area (Å²) >= 11 is 0. The molecule has 1 N–H and O–H groups in total. The largest absolute Gasteiger partial charge is 0.478 e. The lowest BCUT2D eigenvalue weighted by atomic mass is 10.1. The number of carbonyl (C=O) groups is 2. The molecule has 2 heterocycles. The molecule has 3 rings (SSSR count). The highest BCUT2D eigenvalue weighted by Gasteiger charge is 2.30. The van der Waals surface area contributed by atoms with Crippen LogP contribution in [0.4, 0.5) is 0 Å². The molecule has 0 bridgehead atoms. The highest BCUT2D eigenvalue weighted by molar-refractivity contribution is 6.13. The van der Waals surface area contributed by atoms with Gasteiger partial charge < -0.3 is 5.11 Å². The summed E-state index contributed by atoms with van der Waals surface area (Å²) in [5.41, 5.74) is 2.60. The number of carbonyl (C=O) groups excluding carboxylic acids is 1. The van der Waals surface area contributed by atoms with E-state index >= 15 is 0 Å². The topological polar surface area (TPSA) is 87.8 Å². The van der Waals surface area contributed by atoms with E-state index in [0.29, 0.717) is 5.71 Å². The molecule has 0 saturated carbocycles. The zero-order valence-electron chi connectivity index (χ0n) is 13.5. The fourth-order valence-corrected chi connectivity index (χ4v) is 2.64. The summed E-state index contributed by atoms with van der Waals surface area (Å²) in [7, 11) is 0. The highest BCUT2D eigenvalue weighted by Crippen LogP contribution is 2.26. The Labute approximate surface area is 139 Å². The number of carboxylic acids is 1. The third-order valence-corrected chi connectivity index (χ3v) is 4.10. The van der Waals surface area contributed by atoms with Crippen molar-refractivity contribution in [3.05, 3.63) is 53.3 Å². The molecule has 124 valence electrons. The molecule has 7 nitrogen and oxygen atoms in total. The van der Waals surface area contributed by atoms with E-state index < -0.39 is 5.97 Å². The van der Waals surface area contributed by atoms with E-state index in [1.807, 2.05) is 20.0 Å². The summed E-state index contributed by atoms with van der Waals surface area (Å²) in [6.45, 7) is 4.63. The number of aryl methyl sites for hydroxylation is 1. The van der Waals surface area contributed by atoms with Crippen LogP contribution in [0.15, 0.2) is 41.8 Å². The average Bonchev–Trinajstić information content (AvgIpc) is 3.20. The molecule has 1 aromatic heterocycles. The molecule has 0 saturated heterocycles. The van der Waals surface area contributed by atoms with Crippen molar-refractivity contribution in [3.8, 4) is 0 Å². The third-order valence-electron chi connectivity index (χ3n) is 4.10. The SMILES string of the molecule is CCn1cc(C2=NN(C(C)c3ccc(C(=O)O)cc3)C(=O)C2)cn1. The second kappa shape index (κ2) is 6.27. The Morgan fingerprint density at radius 2 is 2.04 bits per heavy atom. The van der Waals surface area contributed by atoms with Gasteiger partial charge in [0.05, 0.1) is 29.9 Å². The van der Waals surface area contributed by atoms with E-state index in [4.69, 9.17) is 5.11 Å². The van der Waals surface area contributed by atoms with Gasteiger partial charge in [0.1, 0.15) is 0 Å². The van der Waals surface area contributed by atoms with E-state index in [1.165, 1.54) is 17.1 Å². The van der Waals surface area contributed by atoms with Gasteiger partial charge in [-0.1, -0.05) is 12.1 Å². The van der Waals surface area contributed by atoms with Gasteiger partial charge in [0.2, 0.25) is 5.91 Å². The number of aromatic nitrogens is 2. The number of carboxylic acid groups (broad SMARTS) is 1. The third kappa shape index (κ3) is 2.92. The number of rotatable bonds is 5. The van der Waals surface area contributed by atoms with Gasteiger partial charge in [-0.15, -0.1) is 0 Å². The molecule has 0 spiro atoms. The van der Waals surface area contributed by atoms with Crippen molar-refractivity contribution in [2.45, 2.75) is 32.9 Å². The van der Waals surface area contributed by atoms with Crippen molar-refractivity contribution in [2.24, 2.45) is 5.10 Å². The predicted molar refractivity (Wildman–Crippen MR) is 87.7 cm³/mol. The maximum absolute atomic E-state index is 12.3. The highest BCUT2D eigenvalue weighted by atomic mass is 16.4. The number of hydrogen-bond donors (Lipinski definition) is 1. The molecule has 1 aromatic carbocycles. The van der Waals surface area contributed by atoms with Crippen LogP contribution in [0.1, 0.15) is 47.8 Å². The van der Waals surface area contributed by atoms with E-state index in [1.54, 1.807) is 23.0 Å². The second-order valence-electron chi connectivity index (χ2n) is 5.65. The van der Waals surface area contributed by atoms with Crippen LogP contribution in [0, 0.1) is 0 Å². The van der Waals surface area contributed by atoms with Crippen LogP contribution in [0.3, 0.4) is 0 Å². The van der Waals surface area contributed by atoms with Crippen LogP contribution in [0.5, 0.6) is 0 Å². The van der Waals surface area contributed by atoms with Crippen LogP contribution in [-0.2, 0) is 11.3 Å². The van der Waals surface area contributed by atoms with Gasteiger partial charge in [0, 0.05) is 18.3 Å². The molecule has 7 heteroatoms. The molecule has 1 amide bonds. The van der Waals surface area contributed by atoms with Crippen LogP contribution in [0.2, 0.25) is 0 Å². The van der Waals surface area contributed by atoms with Gasteiger partial charge >= 0.3 is 5.97 Å². The fraction of sp³-hybridized carbons (Fsp3) is 0.294. The van der Waals surface area contributed by atoms with E-state index in [-0.39, 0.29) is 23.9 Å². The summed E-state index contributed by atoms with van der Waals surface area (Å²) in [5, 5.41) is 19.1. The molecule has 24 heavy (non-hydrogen) atoms. The lowest BCUT2D eigenvalue weighted by Crippen LogP contribution is -2.24. The lowest BCUT2D eigenvalue weighted by molar-refractivity contribution is -0.130. The first-order chi connectivity index (χ1) is 11.5. The van der Waals surface area contributed by atoms with Crippen molar-refractivity contribution in [3.63, 3.8) is 0 Å². The predicted octanol–water partition coefficient (Wildman–Crippen LogP) is 2.30. The minimum absolute atomic E-state index is 0.0796. The fourth-order valence-electron chi connectivity index (χ4n) is 2.64. The monoisotopic (exact) mass is 326 g/mol. The molecule has 1 atom stereocenters. The second-order valence-corrected chi connectivity index (χ2v) is 5.65. The van der Waals surface area contributed by atoms with Gasteiger partial charge in [-0.25, -0.2) is 9.80 Å². The summed E-state index contributed by atoms with van der Waals surface area (Å²) in [5.74, 6) is -1.05. The minimum Gasteiger partial charge on any atom is -0.478 e. The molecule has 1 aliphatic rings. The van der Waals surface area contributed by atoms with Gasteiger partial charge in [0.15, 0.2) is 0 Å². The molecule has 2 aromatic rings. The molecule has 1 aliphatic heterocycles. The van der Waals surface area contributed by atoms with Crippen molar-refractivity contribution < 1.29 is 14.7 Å². The number of aromatic carboxylic acids is 1. The first kappa shape index (κ1) is 15.9. The Hall–Kier alpha value is -2.96. The van der Waals surface area contributed by atoms with Gasteiger partial charge in [-0.05, 0) is 31.5 Å². The van der Waals surface area contributed by atoms with Crippen LogP contribution >= 0.6 is 0 Å². The first-order valence-electron chi connectivity index (χ1n) is 7.75. The van der Waals surface area contributed by atoms with Crippen LogP contribution in [0.25, 0.3) is 0 Å². The lowest BCUT2D eigenvalue weighted by Gasteiger charge is -2.21. The molecule has 0 fully saturated rings. The molecule has 0 aliphatic carbocycles. The number of nitrogens with zero attached hydrogens (tertiary/aromatic N) is 4. The average molecular weight is 326 g/mol. The molecular formula is C17H18N4O3. The Balaban J connectivity index is 1.82. The first-order valence-corrected chi connectivity index (χ1v) is 7.75. The quantitative estimate of drug-likeness (QED) is 0.913. The van der Waals surface area contributed by atoms with Crippen molar-refractivity contribution in [1.82, 2.24) is 14.8 Å². The zero-order chi connectivity index (χ0) is 17.3. The normalized spacial score (nSPS) is 15.5. The maximum atomic E-state index is 12.3. The van der Waals surface area contributed by atoms with E-state index in [0.717, 1.165) is 17.7 Å². The smallest absolute Gasteiger partial charge is 0.335 e. The standard InChI is InChI=1S/C17H18N4O3/c1-3-20-10-14(9-18-20)15-8-16(22)21(19-15)11(2)12-4-6-13(7-5-12)17(23)24/h4-7,9-11H,3,8H2,1-2H3,(H,23,24). The summed E-state index contributed by atoms with van der Waals surface area (Å²) in [6, 6.07) is 6.22. The van der Waals surface area contributed by atoms with Crippen LogP contribution < -0.4 is 0 Å². The van der Waals surface area contributed by atoms with Gasteiger partial charge in [-0.3, -0.25) is 9.48 Å². The summed E-state index contributed by atoms with van der Waals surface area (Å²) in [4.78, 5) is 23.2. The summed E-state index contributed by atoms with van der Waals surface area (Å²) < 4.78 is 1.79. The van der Waals surface area contributed by atoms with E-state index in [9.17, 15) is 9.59 Å². The number of amides is 1. The van der Waals surface area contributed by atoms with Crippen molar-refractivity contribution in [1.29, 1.82) is 0 Å². The van der Waals surface area contributed by atoms with Gasteiger partial charge in [0.25, 0.3) is 0 Å². The van der Waals surface area contributed by atoms with Crippen LogP contribution in [-0.4, -0.2) is 37.5 Å². The summed E-state index contributed by atoms with van der Waals surface area (Å²) in [6.07, 6.45) is 3.83.